The predicted molar refractivity (Wildman–Crippen MR) is 98.1 cm³/mol. The molecule has 7 heteroatoms. The first-order chi connectivity index (χ1) is 13.1. The Hall–Kier alpha value is -4.05. The van der Waals surface area contributed by atoms with E-state index >= 15 is 0 Å². The smallest absolute Gasteiger partial charge is 0.278 e. The van der Waals surface area contributed by atoms with Gasteiger partial charge in [0.25, 0.3) is 5.91 Å². The molecule has 0 bridgehead atoms. The molecule has 0 spiro atoms. The van der Waals surface area contributed by atoms with Crippen LogP contribution in [0.4, 0.5) is 5.69 Å². The summed E-state index contributed by atoms with van der Waals surface area (Å²) in [7, 11) is 1.39. The zero-order chi connectivity index (χ0) is 19.2. The molecule has 0 unspecified atom stereocenters. The molecule has 2 N–H and O–H groups in total. The number of benzene rings is 2. The van der Waals surface area contributed by atoms with Crippen LogP contribution in [0.2, 0.25) is 0 Å². The minimum absolute atomic E-state index is 0.132. The summed E-state index contributed by atoms with van der Waals surface area (Å²) in [5.74, 6) is 0.447. The molecule has 0 atom stereocenters. The Morgan fingerprint density at radius 3 is 2.30 bits per heavy atom. The summed E-state index contributed by atoms with van der Waals surface area (Å²) < 4.78 is 10.6. The topological polar surface area (TPSA) is 104 Å². The molecule has 3 rings (SSSR count). The summed E-state index contributed by atoms with van der Waals surface area (Å²) in [5, 5.41) is 21.4. The van der Waals surface area contributed by atoms with E-state index in [9.17, 15) is 9.90 Å². The van der Waals surface area contributed by atoms with E-state index in [1.807, 2.05) is 6.07 Å². The highest BCUT2D eigenvalue weighted by molar-refractivity contribution is 6.05. The summed E-state index contributed by atoms with van der Waals surface area (Å²) in [4.78, 5) is 16.2. The summed E-state index contributed by atoms with van der Waals surface area (Å²) in [6.45, 7) is 0. The van der Waals surface area contributed by atoms with Crippen LogP contribution in [0.3, 0.4) is 0 Å². The minimum Gasteiger partial charge on any atom is -0.503 e. The molecular weight excluding hydrogens is 346 g/mol. The van der Waals surface area contributed by atoms with Crippen LogP contribution in [0.1, 0.15) is 16.1 Å². The summed E-state index contributed by atoms with van der Waals surface area (Å²) in [5.41, 5.74) is 0.929. The summed E-state index contributed by atoms with van der Waals surface area (Å²) in [6.07, 6.45) is 1.38. The van der Waals surface area contributed by atoms with Crippen LogP contribution >= 0.6 is 0 Å². The number of aromatic nitrogens is 1. The molecule has 0 radical (unpaired) electrons. The Morgan fingerprint density at radius 2 is 1.70 bits per heavy atom. The van der Waals surface area contributed by atoms with Crippen molar-refractivity contribution in [2.75, 3.05) is 12.4 Å². The molecule has 0 saturated heterocycles. The normalized spacial score (nSPS) is 9.93. The number of carbonyl (C=O) groups is 1. The highest BCUT2D eigenvalue weighted by Gasteiger charge is 2.16. The lowest BCUT2D eigenvalue weighted by atomic mass is 10.2. The van der Waals surface area contributed by atoms with Crippen molar-refractivity contribution in [3.8, 4) is 29.1 Å². The number of hydrogen-bond acceptors (Lipinski definition) is 6. The van der Waals surface area contributed by atoms with Crippen LogP contribution < -0.4 is 14.8 Å². The molecule has 2 aromatic carbocycles. The van der Waals surface area contributed by atoms with E-state index in [0.717, 1.165) is 0 Å². The Labute approximate surface area is 155 Å². The van der Waals surface area contributed by atoms with Gasteiger partial charge in [-0.25, -0.2) is 4.98 Å². The zero-order valence-electron chi connectivity index (χ0n) is 14.3. The zero-order valence-corrected chi connectivity index (χ0v) is 14.3. The van der Waals surface area contributed by atoms with Crippen molar-refractivity contribution in [3.63, 3.8) is 0 Å². The van der Waals surface area contributed by atoms with Crippen molar-refractivity contribution in [1.82, 2.24) is 4.98 Å². The van der Waals surface area contributed by atoms with Crippen molar-refractivity contribution in [1.29, 1.82) is 5.26 Å². The second kappa shape index (κ2) is 7.89. The van der Waals surface area contributed by atoms with Gasteiger partial charge < -0.3 is 19.9 Å². The number of ether oxygens (including phenoxy) is 2. The third-order valence-electron chi connectivity index (χ3n) is 3.65. The first-order valence-electron chi connectivity index (χ1n) is 7.92. The van der Waals surface area contributed by atoms with Gasteiger partial charge in [0.1, 0.15) is 11.5 Å². The molecule has 134 valence electrons. The highest BCUT2D eigenvalue weighted by Crippen LogP contribution is 2.28. The van der Waals surface area contributed by atoms with Crippen molar-refractivity contribution < 1.29 is 19.4 Å². The second-order valence-corrected chi connectivity index (χ2v) is 5.43. The number of carbonyl (C=O) groups excluding carboxylic acids is 1. The van der Waals surface area contributed by atoms with Crippen LogP contribution in [0, 0.1) is 11.3 Å². The molecule has 7 nitrogen and oxygen atoms in total. The first kappa shape index (κ1) is 17.8. The lowest BCUT2D eigenvalue weighted by molar-refractivity contribution is 0.101. The second-order valence-electron chi connectivity index (χ2n) is 5.43. The van der Waals surface area contributed by atoms with Crippen LogP contribution in [-0.2, 0) is 0 Å². The fourth-order valence-electron chi connectivity index (χ4n) is 2.30. The molecule has 0 aliphatic heterocycles. The van der Waals surface area contributed by atoms with Gasteiger partial charge >= 0.3 is 0 Å². The minimum atomic E-state index is -0.563. The highest BCUT2D eigenvalue weighted by atomic mass is 16.5. The molecule has 0 saturated carbocycles. The van der Waals surface area contributed by atoms with Gasteiger partial charge in [0.05, 0.1) is 18.7 Å². The van der Waals surface area contributed by atoms with Gasteiger partial charge in [0.2, 0.25) is 0 Å². The van der Waals surface area contributed by atoms with Gasteiger partial charge in [-0.1, -0.05) is 0 Å². The SMILES string of the molecule is COc1ccnc(C(=O)Nc2ccc(Oc3ccc(C#N)cc3)cc2)c1O. The molecule has 1 heterocycles. The van der Waals surface area contributed by atoms with Crippen LogP contribution in [0.25, 0.3) is 0 Å². The standard InChI is InChI=1S/C20H15N3O4/c1-26-17-10-11-22-18(19(17)24)20(25)23-14-4-8-16(9-5-14)27-15-6-2-13(12-21)3-7-15/h2-11,24H,1H3,(H,23,25). The summed E-state index contributed by atoms with van der Waals surface area (Å²) in [6, 6.07) is 16.9. The maximum absolute atomic E-state index is 12.3. The van der Waals surface area contributed by atoms with Gasteiger partial charge in [-0.3, -0.25) is 4.79 Å². The van der Waals surface area contributed by atoms with Crippen LogP contribution in [0.15, 0.2) is 60.8 Å². The van der Waals surface area contributed by atoms with E-state index in [2.05, 4.69) is 10.3 Å². The van der Waals surface area contributed by atoms with E-state index in [4.69, 9.17) is 14.7 Å². The molecule has 27 heavy (non-hydrogen) atoms. The number of nitrogens with one attached hydrogen (secondary N) is 1. The van der Waals surface area contributed by atoms with Crippen molar-refractivity contribution in [2.45, 2.75) is 0 Å². The molecule has 0 fully saturated rings. The molecule has 1 amide bonds. The number of rotatable bonds is 5. The number of aromatic hydroxyl groups is 1. The molecular formula is C20H15N3O4. The molecule has 3 aromatic rings. The fraction of sp³-hybridized carbons (Fsp3) is 0.0500. The third-order valence-corrected chi connectivity index (χ3v) is 3.65. The number of pyridine rings is 1. The largest absolute Gasteiger partial charge is 0.503 e. The van der Waals surface area contributed by atoms with Gasteiger partial charge in [0.15, 0.2) is 17.2 Å². The number of methoxy groups -OCH3 is 1. The van der Waals surface area contributed by atoms with E-state index in [0.29, 0.717) is 22.7 Å². The van der Waals surface area contributed by atoms with Gasteiger partial charge in [-0.05, 0) is 48.5 Å². The summed E-state index contributed by atoms with van der Waals surface area (Å²) >= 11 is 0. The number of anilines is 1. The number of nitriles is 1. The number of nitrogens with zero attached hydrogens (tertiary/aromatic N) is 2. The Morgan fingerprint density at radius 1 is 1.07 bits per heavy atom. The lowest BCUT2D eigenvalue weighted by Gasteiger charge is -2.10. The van der Waals surface area contributed by atoms with Crippen LogP contribution in [0.5, 0.6) is 23.0 Å². The van der Waals surface area contributed by atoms with Crippen LogP contribution in [-0.4, -0.2) is 23.1 Å². The van der Waals surface area contributed by atoms with E-state index in [1.165, 1.54) is 19.4 Å². The van der Waals surface area contributed by atoms with E-state index < -0.39 is 5.91 Å². The Bertz CT molecular complexity index is 993. The Balaban J connectivity index is 1.68. The van der Waals surface area contributed by atoms with Crippen molar-refractivity contribution in [3.05, 3.63) is 72.1 Å². The average Bonchev–Trinajstić information content (AvgIpc) is 2.70. The van der Waals surface area contributed by atoms with Gasteiger partial charge in [-0.2, -0.15) is 5.26 Å². The number of amides is 1. The third kappa shape index (κ3) is 4.14. The monoisotopic (exact) mass is 361 g/mol. The number of hydrogen-bond donors (Lipinski definition) is 2. The van der Waals surface area contributed by atoms with Gasteiger partial charge in [-0.15, -0.1) is 0 Å². The maximum atomic E-state index is 12.3. The molecule has 0 aliphatic rings. The predicted octanol–water partition coefficient (Wildman–Crippen LogP) is 3.71. The molecule has 1 aromatic heterocycles. The molecule has 0 aliphatic carbocycles. The fourth-order valence-corrected chi connectivity index (χ4v) is 2.30. The van der Waals surface area contributed by atoms with Crippen molar-refractivity contribution >= 4 is 11.6 Å². The average molecular weight is 361 g/mol. The first-order valence-corrected chi connectivity index (χ1v) is 7.92. The van der Waals surface area contributed by atoms with Gasteiger partial charge in [0, 0.05) is 18.0 Å². The lowest BCUT2D eigenvalue weighted by Crippen LogP contribution is -2.14. The van der Waals surface area contributed by atoms with Crippen molar-refractivity contribution in [2.24, 2.45) is 0 Å². The maximum Gasteiger partial charge on any atom is 0.278 e. The quantitative estimate of drug-likeness (QED) is 0.718. The Kier molecular flexibility index (Phi) is 5.19. The van der Waals surface area contributed by atoms with E-state index in [-0.39, 0.29) is 17.2 Å². The van der Waals surface area contributed by atoms with E-state index in [1.54, 1.807) is 48.5 Å².